The fourth-order valence-electron chi connectivity index (χ4n) is 3.15. The van der Waals surface area contributed by atoms with Gasteiger partial charge in [0.15, 0.2) is 0 Å². The molecule has 0 atom stereocenters. The summed E-state index contributed by atoms with van der Waals surface area (Å²) in [6, 6.07) is 7.37. The van der Waals surface area contributed by atoms with Crippen LogP contribution in [0, 0.1) is 17.8 Å². The van der Waals surface area contributed by atoms with Crippen molar-refractivity contribution in [3.8, 4) is 0 Å². The number of hydrogen-bond donors (Lipinski definition) is 2. The second-order valence-electron chi connectivity index (χ2n) is 6.38. The lowest BCUT2D eigenvalue weighted by atomic mass is 9.76. The second-order valence-corrected chi connectivity index (χ2v) is 6.82. The molecule has 0 bridgehead atoms. The minimum absolute atomic E-state index is 0.609. The van der Waals surface area contributed by atoms with Gasteiger partial charge in [0.05, 0.1) is 5.69 Å². The van der Waals surface area contributed by atoms with Crippen LogP contribution in [0.15, 0.2) is 29.3 Å². The van der Waals surface area contributed by atoms with Crippen molar-refractivity contribution in [3.63, 3.8) is 0 Å². The number of hydrogen-bond acceptors (Lipinski definition) is 2. The molecule has 0 unspecified atom stereocenters. The third-order valence-electron chi connectivity index (χ3n) is 4.52. The zero-order chi connectivity index (χ0) is 15.2. The van der Waals surface area contributed by atoms with Gasteiger partial charge in [-0.1, -0.05) is 31.5 Å². The van der Waals surface area contributed by atoms with Crippen molar-refractivity contribution >= 4 is 23.1 Å². The van der Waals surface area contributed by atoms with Gasteiger partial charge in [-0.05, 0) is 61.6 Å². The molecule has 1 fully saturated rings. The van der Waals surface area contributed by atoms with E-state index in [1.54, 1.807) is 6.07 Å². The Morgan fingerprint density at radius 2 is 2.05 bits per heavy atom. The largest absolute Gasteiger partial charge is 0.290 e. The van der Waals surface area contributed by atoms with E-state index in [9.17, 15) is 5.21 Å². The predicted molar refractivity (Wildman–Crippen MR) is 88.4 cm³/mol. The van der Waals surface area contributed by atoms with Crippen LogP contribution in [-0.4, -0.2) is 11.0 Å². The lowest BCUT2D eigenvalue weighted by molar-refractivity contribution is 0.210. The van der Waals surface area contributed by atoms with Gasteiger partial charge in [0.1, 0.15) is 5.84 Å². The van der Waals surface area contributed by atoms with E-state index in [2.05, 4.69) is 24.3 Å². The van der Waals surface area contributed by atoms with E-state index in [-0.39, 0.29) is 0 Å². The SMILES string of the molecule is CC(C)C1CCC(CC(=Nc2cccc(Cl)c2)NO)CC1. The number of hydroxylamine groups is 1. The lowest BCUT2D eigenvalue weighted by Gasteiger charge is -2.30. The summed E-state index contributed by atoms with van der Waals surface area (Å²) in [7, 11) is 0. The highest BCUT2D eigenvalue weighted by Crippen LogP contribution is 2.35. The van der Waals surface area contributed by atoms with Crippen molar-refractivity contribution in [2.24, 2.45) is 22.7 Å². The van der Waals surface area contributed by atoms with Crippen LogP contribution in [-0.2, 0) is 0 Å². The second kappa shape index (κ2) is 7.81. The summed E-state index contributed by atoms with van der Waals surface area (Å²) in [6.45, 7) is 4.62. The Labute approximate surface area is 132 Å². The summed E-state index contributed by atoms with van der Waals surface area (Å²) in [4.78, 5) is 4.46. The maximum Gasteiger partial charge on any atom is 0.126 e. The van der Waals surface area contributed by atoms with Crippen molar-refractivity contribution < 1.29 is 5.21 Å². The summed E-state index contributed by atoms with van der Waals surface area (Å²) in [5.74, 6) is 2.88. The van der Waals surface area contributed by atoms with Crippen molar-refractivity contribution in [3.05, 3.63) is 29.3 Å². The first-order valence-corrected chi connectivity index (χ1v) is 8.19. The van der Waals surface area contributed by atoms with E-state index in [1.807, 2.05) is 18.2 Å². The van der Waals surface area contributed by atoms with E-state index in [0.29, 0.717) is 16.8 Å². The highest BCUT2D eigenvalue weighted by molar-refractivity contribution is 6.30. The first-order chi connectivity index (χ1) is 10.1. The van der Waals surface area contributed by atoms with E-state index in [0.717, 1.165) is 23.9 Å². The number of aliphatic imine (C=N–C) groups is 1. The number of rotatable bonds is 4. The Kier molecular flexibility index (Phi) is 6.07. The molecular weight excluding hydrogens is 284 g/mol. The fourth-order valence-corrected chi connectivity index (χ4v) is 3.33. The van der Waals surface area contributed by atoms with Crippen LogP contribution in [0.1, 0.15) is 46.0 Å². The molecule has 21 heavy (non-hydrogen) atoms. The fraction of sp³-hybridized carbons (Fsp3) is 0.588. The zero-order valence-electron chi connectivity index (χ0n) is 12.8. The summed E-state index contributed by atoms with van der Waals surface area (Å²) in [5.41, 5.74) is 3.03. The van der Waals surface area contributed by atoms with Crippen LogP contribution < -0.4 is 5.48 Å². The van der Waals surface area contributed by atoms with Gasteiger partial charge in [0.2, 0.25) is 0 Å². The Bertz CT molecular complexity index is 479. The third kappa shape index (κ3) is 5.01. The quantitative estimate of drug-likeness (QED) is 0.456. The predicted octanol–water partition coefficient (Wildman–Crippen LogP) is 5.20. The summed E-state index contributed by atoms with van der Waals surface area (Å²) in [6.07, 6.45) is 5.82. The third-order valence-corrected chi connectivity index (χ3v) is 4.75. The number of halogens is 1. The van der Waals surface area contributed by atoms with E-state index in [4.69, 9.17) is 11.6 Å². The van der Waals surface area contributed by atoms with Crippen molar-refractivity contribution in [1.29, 1.82) is 0 Å². The molecule has 1 aromatic carbocycles. The maximum atomic E-state index is 9.31. The van der Waals surface area contributed by atoms with Gasteiger partial charge in [-0.25, -0.2) is 4.99 Å². The van der Waals surface area contributed by atoms with E-state index >= 15 is 0 Å². The standard InChI is InChI=1S/C17H25ClN2O/c1-12(2)14-8-6-13(7-9-14)10-17(20-21)19-16-5-3-4-15(18)11-16/h3-5,11-14,21H,6-10H2,1-2H3,(H,19,20). The molecule has 4 heteroatoms. The molecule has 0 spiro atoms. The van der Waals surface area contributed by atoms with Crippen LogP contribution >= 0.6 is 11.6 Å². The van der Waals surface area contributed by atoms with Gasteiger partial charge in [-0.15, -0.1) is 0 Å². The van der Waals surface area contributed by atoms with Crippen LogP contribution in [0.3, 0.4) is 0 Å². The average molecular weight is 309 g/mol. The highest BCUT2D eigenvalue weighted by atomic mass is 35.5. The minimum atomic E-state index is 0.609. The van der Waals surface area contributed by atoms with Crippen molar-refractivity contribution in [1.82, 2.24) is 5.48 Å². The first kappa shape index (κ1) is 16.3. The van der Waals surface area contributed by atoms with Gasteiger partial charge >= 0.3 is 0 Å². The summed E-state index contributed by atoms with van der Waals surface area (Å²) in [5, 5.41) is 9.97. The highest BCUT2D eigenvalue weighted by Gasteiger charge is 2.24. The topological polar surface area (TPSA) is 44.6 Å². The molecule has 116 valence electrons. The Hall–Kier alpha value is -1.06. The molecule has 0 amide bonds. The lowest BCUT2D eigenvalue weighted by Crippen LogP contribution is -2.25. The maximum absolute atomic E-state index is 9.31. The number of nitrogens with one attached hydrogen (secondary N) is 1. The zero-order valence-corrected chi connectivity index (χ0v) is 13.6. The molecule has 1 aromatic rings. The van der Waals surface area contributed by atoms with Crippen molar-refractivity contribution in [2.45, 2.75) is 46.0 Å². The molecule has 0 aromatic heterocycles. The van der Waals surface area contributed by atoms with E-state index in [1.165, 1.54) is 25.7 Å². The monoisotopic (exact) mass is 308 g/mol. The van der Waals surface area contributed by atoms with Gasteiger partial charge < -0.3 is 0 Å². The first-order valence-electron chi connectivity index (χ1n) is 7.81. The summed E-state index contributed by atoms with van der Waals surface area (Å²) >= 11 is 5.96. The number of amidine groups is 1. The van der Waals surface area contributed by atoms with Crippen LogP contribution in [0.5, 0.6) is 0 Å². The van der Waals surface area contributed by atoms with Gasteiger partial charge in [-0.2, -0.15) is 0 Å². The molecule has 1 saturated carbocycles. The number of nitrogens with zero attached hydrogens (tertiary/aromatic N) is 1. The Balaban J connectivity index is 1.94. The Morgan fingerprint density at radius 1 is 1.33 bits per heavy atom. The minimum Gasteiger partial charge on any atom is -0.290 e. The number of benzene rings is 1. The smallest absolute Gasteiger partial charge is 0.126 e. The molecule has 1 aliphatic rings. The van der Waals surface area contributed by atoms with Gasteiger partial charge in [0.25, 0.3) is 0 Å². The van der Waals surface area contributed by atoms with E-state index < -0.39 is 0 Å². The molecule has 0 heterocycles. The Morgan fingerprint density at radius 3 is 2.62 bits per heavy atom. The van der Waals surface area contributed by atoms with Gasteiger partial charge in [0, 0.05) is 11.4 Å². The molecule has 1 aliphatic carbocycles. The molecule has 2 rings (SSSR count). The van der Waals surface area contributed by atoms with Gasteiger partial charge in [-0.3, -0.25) is 10.7 Å². The van der Waals surface area contributed by atoms with Crippen molar-refractivity contribution in [2.75, 3.05) is 0 Å². The molecule has 0 aliphatic heterocycles. The van der Waals surface area contributed by atoms with Crippen LogP contribution in [0.25, 0.3) is 0 Å². The normalized spacial score (nSPS) is 23.4. The molecule has 2 N–H and O–H groups in total. The average Bonchev–Trinajstić information content (AvgIpc) is 2.47. The molecule has 3 nitrogen and oxygen atoms in total. The molecule has 0 saturated heterocycles. The van der Waals surface area contributed by atoms with Crippen LogP contribution in [0.2, 0.25) is 5.02 Å². The summed E-state index contributed by atoms with van der Waals surface area (Å²) < 4.78 is 0. The molecule has 0 radical (unpaired) electrons. The molecular formula is C17H25ClN2O. The van der Waals surface area contributed by atoms with Crippen LogP contribution in [0.4, 0.5) is 5.69 Å².